The van der Waals surface area contributed by atoms with E-state index < -0.39 is 0 Å². The lowest BCUT2D eigenvalue weighted by Gasteiger charge is -2.20. The Bertz CT molecular complexity index is 445. The van der Waals surface area contributed by atoms with Gasteiger partial charge in [-0.05, 0) is 64.3 Å². The van der Waals surface area contributed by atoms with E-state index in [9.17, 15) is 4.79 Å². The summed E-state index contributed by atoms with van der Waals surface area (Å²) in [7, 11) is 0. The minimum absolute atomic E-state index is 0.0562. The van der Waals surface area contributed by atoms with Crippen LogP contribution in [0, 0.1) is 20.8 Å². The molecular weight excluding hydrogens is 226 g/mol. The number of aryl methyl sites for hydroxylation is 3. The molecule has 0 bridgehead atoms. The maximum absolute atomic E-state index is 11.7. The van der Waals surface area contributed by atoms with E-state index in [2.05, 4.69) is 18.3 Å². The average Bonchev–Trinajstić information content (AvgIpc) is 2.19. The summed E-state index contributed by atoms with van der Waals surface area (Å²) in [5, 5.41) is 2.87. The lowest BCUT2D eigenvalue weighted by molar-refractivity contribution is -0.124. The topological polar surface area (TPSA) is 38.3 Å². The summed E-state index contributed by atoms with van der Waals surface area (Å²) in [5.41, 5.74) is 3.24. The van der Waals surface area contributed by atoms with Gasteiger partial charge in [-0.2, -0.15) is 0 Å². The van der Waals surface area contributed by atoms with Gasteiger partial charge >= 0.3 is 0 Å². The van der Waals surface area contributed by atoms with E-state index in [0.29, 0.717) is 0 Å². The van der Waals surface area contributed by atoms with Gasteiger partial charge in [0, 0.05) is 5.54 Å². The molecule has 100 valence electrons. The fourth-order valence-corrected chi connectivity index (χ4v) is 1.69. The second kappa shape index (κ2) is 5.42. The van der Waals surface area contributed by atoms with Gasteiger partial charge in [0.2, 0.25) is 0 Å². The smallest absolute Gasteiger partial charge is 0.258 e. The number of benzene rings is 1. The molecule has 3 heteroatoms. The van der Waals surface area contributed by atoms with Gasteiger partial charge in [0.1, 0.15) is 5.75 Å². The summed E-state index contributed by atoms with van der Waals surface area (Å²) in [6.45, 7) is 12.0. The molecule has 0 heterocycles. The van der Waals surface area contributed by atoms with E-state index in [1.165, 1.54) is 11.1 Å². The van der Waals surface area contributed by atoms with E-state index in [1.807, 2.05) is 40.7 Å². The molecule has 0 aliphatic rings. The summed E-state index contributed by atoms with van der Waals surface area (Å²) < 4.78 is 5.57. The number of nitrogens with one attached hydrogen (secondary N) is 1. The number of rotatable bonds is 3. The van der Waals surface area contributed by atoms with Crippen molar-refractivity contribution >= 4 is 5.91 Å². The van der Waals surface area contributed by atoms with E-state index in [1.54, 1.807) is 0 Å². The normalized spacial score (nSPS) is 11.2. The lowest BCUT2D eigenvalue weighted by atomic mass is 10.1. The Morgan fingerprint density at radius 1 is 1.11 bits per heavy atom. The van der Waals surface area contributed by atoms with Crippen molar-refractivity contribution in [1.29, 1.82) is 0 Å². The first-order valence-electron chi connectivity index (χ1n) is 6.21. The number of ether oxygens (including phenoxy) is 1. The van der Waals surface area contributed by atoms with Crippen molar-refractivity contribution in [3.63, 3.8) is 0 Å². The van der Waals surface area contributed by atoms with E-state index in [0.717, 1.165) is 11.3 Å². The first-order chi connectivity index (χ1) is 8.19. The van der Waals surface area contributed by atoms with Crippen LogP contribution < -0.4 is 10.1 Å². The van der Waals surface area contributed by atoms with Crippen molar-refractivity contribution in [1.82, 2.24) is 5.32 Å². The standard InChI is InChI=1S/C15H23NO2/c1-10-7-12(3)13(8-11(10)2)18-9-14(17)16-15(4,5)6/h7-8H,9H2,1-6H3,(H,16,17). The van der Waals surface area contributed by atoms with Gasteiger partial charge in [0.15, 0.2) is 6.61 Å². The number of carbonyl (C=O) groups excluding carboxylic acids is 1. The highest BCUT2D eigenvalue weighted by Gasteiger charge is 2.14. The molecule has 1 aromatic carbocycles. The zero-order chi connectivity index (χ0) is 13.9. The van der Waals surface area contributed by atoms with Gasteiger partial charge in [0.25, 0.3) is 5.91 Å². The van der Waals surface area contributed by atoms with E-state index in [-0.39, 0.29) is 18.1 Å². The summed E-state index contributed by atoms with van der Waals surface area (Å²) in [6.07, 6.45) is 0. The predicted molar refractivity (Wildman–Crippen MR) is 74.0 cm³/mol. The molecule has 18 heavy (non-hydrogen) atoms. The summed E-state index contributed by atoms with van der Waals surface area (Å²) >= 11 is 0. The molecule has 0 saturated carbocycles. The maximum Gasteiger partial charge on any atom is 0.258 e. The molecule has 0 radical (unpaired) electrons. The molecule has 1 aromatic rings. The van der Waals surface area contributed by atoms with E-state index in [4.69, 9.17) is 4.74 Å². The SMILES string of the molecule is Cc1cc(C)c(OCC(=O)NC(C)(C)C)cc1C. The molecule has 1 rings (SSSR count). The average molecular weight is 249 g/mol. The van der Waals surface area contributed by atoms with Crippen molar-refractivity contribution in [2.45, 2.75) is 47.1 Å². The highest BCUT2D eigenvalue weighted by atomic mass is 16.5. The van der Waals surface area contributed by atoms with Crippen molar-refractivity contribution in [2.75, 3.05) is 6.61 Å². The van der Waals surface area contributed by atoms with Crippen LogP contribution in [0.1, 0.15) is 37.5 Å². The van der Waals surface area contributed by atoms with Crippen LogP contribution in [0.3, 0.4) is 0 Å². The zero-order valence-corrected chi connectivity index (χ0v) is 12.2. The van der Waals surface area contributed by atoms with Gasteiger partial charge in [-0.1, -0.05) is 6.07 Å². The summed E-state index contributed by atoms with van der Waals surface area (Å²) in [5.74, 6) is 0.683. The van der Waals surface area contributed by atoms with Crippen LogP contribution >= 0.6 is 0 Å². The number of amides is 1. The molecule has 0 aliphatic carbocycles. The maximum atomic E-state index is 11.7. The molecule has 0 spiro atoms. The minimum Gasteiger partial charge on any atom is -0.483 e. The molecule has 3 nitrogen and oxygen atoms in total. The number of hydrogen-bond acceptors (Lipinski definition) is 2. The molecule has 1 N–H and O–H groups in total. The van der Waals surface area contributed by atoms with Gasteiger partial charge in [0.05, 0.1) is 0 Å². The van der Waals surface area contributed by atoms with Crippen LogP contribution in [-0.4, -0.2) is 18.1 Å². The Kier molecular flexibility index (Phi) is 4.38. The van der Waals surface area contributed by atoms with Gasteiger partial charge < -0.3 is 10.1 Å². The Balaban J connectivity index is 2.64. The van der Waals surface area contributed by atoms with Crippen LogP contribution in [-0.2, 0) is 4.79 Å². The van der Waals surface area contributed by atoms with Crippen LogP contribution in [0.15, 0.2) is 12.1 Å². The Morgan fingerprint density at radius 3 is 2.22 bits per heavy atom. The summed E-state index contributed by atoms with van der Waals surface area (Å²) in [6, 6.07) is 4.06. The van der Waals surface area contributed by atoms with Crippen LogP contribution in [0.25, 0.3) is 0 Å². The van der Waals surface area contributed by atoms with Crippen molar-refractivity contribution in [3.8, 4) is 5.75 Å². The zero-order valence-electron chi connectivity index (χ0n) is 12.2. The fraction of sp³-hybridized carbons (Fsp3) is 0.533. The Hall–Kier alpha value is -1.51. The van der Waals surface area contributed by atoms with Crippen LogP contribution in [0.2, 0.25) is 0 Å². The van der Waals surface area contributed by atoms with Crippen molar-refractivity contribution < 1.29 is 9.53 Å². The second-order valence-electron chi connectivity index (χ2n) is 5.79. The molecule has 1 amide bonds. The third-order valence-electron chi connectivity index (χ3n) is 2.66. The molecule has 0 aromatic heterocycles. The third kappa shape index (κ3) is 4.40. The Morgan fingerprint density at radius 2 is 1.67 bits per heavy atom. The number of carbonyl (C=O) groups is 1. The minimum atomic E-state index is -0.224. The predicted octanol–water partition coefficient (Wildman–Crippen LogP) is 2.91. The molecule has 0 aliphatic heterocycles. The molecule has 0 saturated heterocycles. The van der Waals surface area contributed by atoms with Gasteiger partial charge in [-0.3, -0.25) is 4.79 Å². The second-order valence-corrected chi connectivity index (χ2v) is 5.79. The summed E-state index contributed by atoms with van der Waals surface area (Å²) in [4.78, 5) is 11.7. The van der Waals surface area contributed by atoms with Gasteiger partial charge in [-0.25, -0.2) is 0 Å². The van der Waals surface area contributed by atoms with Gasteiger partial charge in [-0.15, -0.1) is 0 Å². The first-order valence-corrected chi connectivity index (χ1v) is 6.21. The van der Waals surface area contributed by atoms with E-state index >= 15 is 0 Å². The highest BCUT2D eigenvalue weighted by Crippen LogP contribution is 2.22. The van der Waals surface area contributed by atoms with Crippen molar-refractivity contribution in [2.24, 2.45) is 0 Å². The van der Waals surface area contributed by atoms with Crippen molar-refractivity contribution in [3.05, 3.63) is 28.8 Å². The molecule has 0 unspecified atom stereocenters. The fourth-order valence-electron chi connectivity index (χ4n) is 1.69. The van der Waals surface area contributed by atoms with Crippen LogP contribution in [0.4, 0.5) is 0 Å². The molecular formula is C15H23NO2. The molecule has 0 atom stereocenters. The Labute approximate surface area is 110 Å². The largest absolute Gasteiger partial charge is 0.483 e. The first kappa shape index (κ1) is 14.6. The number of hydrogen-bond donors (Lipinski definition) is 1. The third-order valence-corrected chi connectivity index (χ3v) is 2.66. The monoisotopic (exact) mass is 249 g/mol. The quantitative estimate of drug-likeness (QED) is 0.894. The van der Waals surface area contributed by atoms with Crippen LogP contribution in [0.5, 0.6) is 5.75 Å². The highest BCUT2D eigenvalue weighted by molar-refractivity contribution is 5.78. The molecule has 0 fully saturated rings. The lowest BCUT2D eigenvalue weighted by Crippen LogP contribution is -2.43.